The summed E-state index contributed by atoms with van der Waals surface area (Å²) in [5.74, 6) is -0.290. The van der Waals surface area contributed by atoms with E-state index < -0.39 is 6.10 Å². The number of halogens is 1. The van der Waals surface area contributed by atoms with Crippen LogP contribution in [0.4, 0.5) is 10.1 Å². The summed E-state index contributed by atoms with van der Waals surface area (Å²) in [6.07, 6.45) is 1.63. The molecule has 4 nitrogen and oxygen atoms in total. The number of nitriles is 1. The van der Waals surface area contributed by atoms with Crippen LogP contribution in [0.25, 0.3) is 0 Å². The topological polar surface area (TPSA) is 60.2 Å². The van der Waals surface area contributed by atoms with Crippen molar-refractivity contribution in [2.75, 3.05) is 11.4 Å². The number of aliphatic hydroxyl groups excluding tert-OH is 1. The molecule has 21 heavy (non-hydrogen) atoms. The Morgan fingerprint density at radius 1 is 1.33 bits per heavy atom. The average molecular weight is 283 g/mol. The molecular weight excluding hydrogens is 269 g/mol. The van der Waals surface area contributed by atoms with Crippen molar-refractivity contribution >= 4 is 5.69 Å². The quantitative estimate of drug-likeness (QED) is 0.919. The minimum Gasteiger partial charge on any atom is -0.391 e. The Labute approximate surface area is 122 Å². The Kier molecular flexibility index (Phi) is 3.55. The van der Waals surface area contributed by atoms with Crippen molar-refractivity contribution in [3.63, 3.8) is 0 Å². The van der Waals surface area contributed by atoms with Crippen molar-refractivity contribution in [1.29, 1.82) is 5.26 Å². The number of β-amino-alcohol motifs (C(OH)–C–C–N with tert-alkyl or cyclic N) is 1. The summed E-state index contributed by atoms with van der Waals surface area (Å²) in [6, 6.07) is 11.8. The number of pyridine rings is 1. The zero-order chi connectivity index (χ0) is 14.8. The number of aliphatic hydroxyl groups is 1. The van der Waals surface area contributed by atoms with Gasteiger partial charge in [0.2, 0.25) is 0 Å². The monoisotopic (exact) mass is 283 g/mol. The Bertz CT molecular complexity index is 698. The number of hydrogen-bond acceptors (Lipinski definition) is 4. The molecule has 1 aliphatic rings. The van der Waals surface area contributed by atoms with E-state index in [9.17, 15) is 9.50 Å². The highest BCUT2D eigenvalue weighted by Crippen LogP contribution is 2.36. The second-order valence-electron chi connectivity index (χ2n) is 5.12. The predicted molar refractivity (Wildman–Crippen MR) is 76.1 cm³/mol. The van der Waals surface area contributed by atoms with E-state index in [1.807, 2.05) is 17.0 Å². The summed E-state index contributed by atoms with van der Waals surface area (Å²) in [5, 5.41) is 18.9. The lowest BCUT2D eigenvalue weighted by atomic mass is 10.0. The van der Waals surface area contributed by atoms with E-state index in [1.54, 1.807) is 24.4 Å². The fourth-order valence-electron chi connectivity index (χ4n) is 2.79. The average Bonchev–Trinajstić information content (AvgIpc) is 2.89. The van der Waals surface area contributed by atoms with E-state index >= 15 is 0 Å². The molecule has 2 atom stereocenters. The molecule has 1 saturated heterocycles. The fourth-order valence-corrected chi connectivity index (χ4v) is 2.79. The van der Waals surface area contributed by atoms with Crippen LogP contribution in [-0.4, -0.2) is 22.7 Å². The highest BCUT2D eigenvalue weighted by Gasteiger charge is 2.32. The molecule has 2 unspecified atom stereocenters. The molecule has 0 aliphatic carbocycles. The van der Waals surface area contributed by atoms with Gasteiger partial charge in [-0.1, -0.05) is 12.1 Å². The van der Waals surface area contributed by atoms with Gasteiger partial charge in [0.15, 0.2) is 0 Å². The number of aromatic nitrogens is 1. The predicted octanol–water partition coefficient (Wildman–Crippen LogP) is 2.40. The Hall–Kier alpha value is -2.45. The van der Waals surface area contributed by atoms with E-state index in [2.05, 4.69) is 4.98 Å². The third-order valence-corrected chi connectivity index (χ3v) is 3.70. The van der Waals surface area contributed by atoms with Gasteiger partial charge in [-0.3, -0.25) is 0 Å². The zero-order valence-corrected chi connectivity index (χ0v) is 11.3. The second kappa shape index (κ2) is 5.51. The van der Waals surface area contributed by atoms with Crippen LogP contribution < -0.4 is 4.90 Å². The van der Waals surface area contributed by atoms with Crippen molar-refractivity contribution in [3.05, 3.63) is 59.7 Å². The summed E-state index contributed by atoms with van der Waals surface area (Å²) >= 11 is 0. The Morgan fingerprint density at radius 3 is 2.95 bits per heavy atom. The molecule has 1 aromatic carbocycles. The van der Waals surface area contributed by atoms with Crippen molar-refractivity contribution in [2.24, 2.45) is 0 Å². The van der Waals surface area contributed by atoms with Gasteiger partial charge in [-0.25, -0.2) is 9.37 Å². The van der Waals surface area contributed by atoms with Crippen LogP contribution >= 0.6 is 0 Å². The molecular formula is C16H14FN3O. The summed E-state index contributed by atoms with van der Waals surface area (Å²) in [5.41, 5.74) is 1.96. The summed E-state index contributed by atoms with van der Waals surface area (Å²) in [4.78, 5) is 5.94. The molecule has 1 fully saturated rings. The first-order valence-electron chi connectivity index (χ1n) is 6.73. The molecule has 1 aliphatic heterocycles. The summed E-state index contributed by atoms with van der Waals surface area (Å²) in [6.45, 7) is 0.454. The normalized spacial score (nSPS) is 21.3. The molecule has 1 N–H and O–H groups in total. The molecule has 0 amide bonds. The Morgan fingerprint density at radius 2 is 2.19 bits per heavy atom. The number of nitrogens with zero attached hydrogens (tertiary/aromatic N) is 3. The van der Waals surface area contributed by atoms with Gasteiger partial charge in [0.05, 0.1) is 12.1 Å². The van der Waals surface area contributed by atoms with E-state index in [0.717, 1.165) is 11.3 Å². The molecule has 0 bridgehead atoms. The van der Waals surface area contributed by atoms with Gasteiger partial charge in [-0.15, -0.1) is 0 Å². The molecule has 0 radical (unpaired) electrons. The van der Waals surface area contributed by atoms with Crippen LogP contribution in [0.3, 0.4) is 0 Å². The van der Waals surface area contributed by atoms with Gasteiger partial charge in [0.1, 0.15) is 17.6 Å². The van der Waals surface area contributed by atoms with Crippen molar-refractivity contribution in [3.8, 4) is 6.07 Å². The van der Waals surface area contributed by atoms with Crippen molar-refractivity contribution < 1.29 is 9.50 Å². The third kappa shape index (κ3) is 2.71. The largest absolute Gasteiger partial charge is 0.391 e. The van der Waals surface area contributed by atoms with Gasteiger partial charge < -0.3 is 10.0 Å². The maximum atomic E-state index is 13.4. The molecule has 1 aromatic heterocycles. The minimum absolute atomic E-state index is 0.107. The van der Waals surface area contributed by atoms with E-state index in [1.165, 1.54) is 12.1 Å². The zero-order valence-electron chi connectivity index (χ0n) is 11.3. The van der Waals surface area contributed by atoms with Gasteiger partial charge >= 0.3 is 0 Å². The molecule has 5 heteroatoms. The lowest BCUT2D eigenvalue weighted by molar-refractivity contribution is 0.194. The van der Waals surface area contributed by atoms with E-state index in [4.69, 9.17) is 5.26 Å². The maximum Gasteiger partial charge on any atom is 0.142 e. The second-order valence-corrected chi connectivity index (χ2v) is 5.12. The smallest absolute Gasteiger partial charge is 0.142 e. The lowest BCUT2D eigenvalue weighted by Gasteiger charge is -2.26. The summed E-state index contributed by atoms with van der Waals surface area (Å²) < 4.78 is 13.4. The first-order valence-corrected chi connectivity index (χ1v) is 6.73. The lowest BCUT2D eigenvalue weighted by Crippen LogP contribution is -2.24. The van der Waals surface area contributed by atoms with E-state index in [0.29, 0.717) is 18.7 Å². The number of rotatable bonds is 2. The highest BCUT2D eigenvalue weighted by molar-refractivity contribution is 5.52. The Balaban J connectivity index is 1.97. The van der Waals surface area contributed by atoms with Crippen molar-refractivity contribution in [1.82, 2.24) is 4.98 Å². The summed E-state index contributed by atoms with van der Waals surface area (Å²) in [7, 11) is 0. The van der Waals surface area contributed by atoms with Gasteiger partial charge in [0.25, 0.3) is 0 Å². The standard InChI is InChI=1S/C16H14FN3O/c17-12-3-1-2-11(6-12)16-8-15(21)10-20(16)14-4-5-19-13(7-14)9-18/h1-7,15-16,21H,8,10H2. The number of anilines is 1. The highest BCUT2D eigenvalue weighted by atomic mass is 19.1. The fraction of sp³-hybridized carbons (Fsp3) is 0.250. The molecule has 0 saturated carbocycles. The number of hydrogen-bond donors (Lipinski definition) is 1. The van der Waals surface area contributed by atoms with Gasteiger partial charge in [-0.2, -0.15) is 5.26 Å². The van der Waals surface area contributed by atoms with E-state index in [-0.39, 0.29) is 11.9 Å². The van der Waals surface area contributed by atoms with Crippen LogP contribution in [0.2, 0.25) is 0 Å². The van der Waals surface area contributed by atoms with Crippen LogP contribution in [0.1, 0.15) is 23.7 Å². The van der Waals surface area contributed by atoms with Crippen LogP contribution in [0.15, 0.2) is 42.6 Å². The SMILES string of the molecule is N#Cc1cc(N2CC(O)CC2c2cccc(F)c2)ccn1. The van der Waals surface area contributed by atoms with Crippen molar-refractivity contribution in [2.45, 2.75) is 18.6 Å². The minimum atomic E-state index is -0.475. The third-order valence-electron chi connectivity index (χ3n) is 3.70. The number of benzene rings is 1. The molecule has 2 heterocycles. The van der Waals surface area contributed by atoms with Crippen LogP contribution in [0.5, 0.6) is 0 Å². The molecule has 106 valence electrons. The molecule has 3 rings (SSSR count). The van der Waals surface area contributed by atoms with Crippen LogP contribution in [0, 0.1) is 17.1 Å². The van der Waals surface area contributed by atoms with Gasteiger partial charge in [0, 0.05) is 18.4 Å². The van der Waals surface area contributed by atoms with Gasteiger partial charge in [-0.05, 0) is 36.2 Å². The first-order chi connectivity index (χ1) is 10.2. The first kappa shape index (κ1) is 13.5. The molecule has 0 spiro atoms. The van der Waals surface area contributed by atoms with Crippen LogP contribution in [-0.2, 0) is 0 Å². The maximum absolute atomic E-state index is 13.4. The molecule has 2 aromatic rings.